The Kier molecular flexibility index (Phi) is 6.01. The lowest BCUT2D eigenvalue weighted by atomic mass is 10.2. The molecule has 1 aromatic heterocycles. The van der Waals surface area contributed by atoms with Crippen LogP contribution in [0.3, 0.4) is 0 Å². The Bertz CT molecular complexity index is 484. The summed E-state index contributed by atoms with van der Waals surface area (Å²) in [5.74, 6) is -0.119. The molecule has 1 heterocycles. The third-order valence-corrected chi connectivity index (χ3v) is 2.31. The predicted molar refractivity (Wildman–Crippen MR) is 69.6 cm³/mol. The Morgan fingerprint density at radius 2 is 2.16 bits per heavy atom. The van der Waals surface area contributed by atoms with Gasteiger partial charge in [0.2, 0.25) is 0 Å². The second-order valence-corrected chi connectivity index (χ2v) is 3.91. The molecule has 7 nitrogen and oxygen atoms in total. The van der Waals surface area contributed by atoms with Gasteiger partial charge < -0.3 is 20.2 Å². The van der Waals surface area contributed by atoms with Crippen LogP contribution >= 0.6 is 0 Å². The van der Waals surface area contributed by atoms with Crippen LogP contribution in [-0.2, 0) is 27.3 Å². The number of nitrogens with two attached hydrogens (primary N) is 1. The second kappa shape index (κ2) is 7.52. The van der Waals surface area contributed by atoms with E-state index in [0.717, 1.165) is 6.42 Å². The van der Waals surface area contributed by atoms with Crippen LogP contribution in [0.5, 0.6) is 0 Å². The molecule has 7 heteroatoms. The van der Waals surface area contributed by atoms with Gasteiger partial charge in [-0.1, -0.05) is 6.92 Å². The molecule has 106 valence electrons. The molecule has 0 saturated heterocycles. The number of nitrogens with zero attached hydrogens (tertiary/aromatic N) is 1. The van der Waals surface area contributed by atoms with E-state index in [-0.39, 0.29) is 31.0 Å². The summed E-state index contributed by atoms with van der Waals surface area (Å²) in [5, 5.41) is 0. The Labute approximate surface area is 111 Å². The van der Waals surface area contributed by atoms with Crippen molar-refractivity contribution in [1.82, 2.24) is 9.97 Å². The summed E-state index contributed by atoms with van der Waals surface area (Å²) >= 11 is 0. The van der Waals surface area contributed by atoms with Crippen LogP contribution in [0, 0.1) is 0 Å². The number of rotatable bonds is 7. The number of aromatic amines is 1. The van der Waals surface area contributed by atoms with Gasteiger partial charge >= 0.3 is 5.97 Å². The first-order valence-electron chi connectivity index (χ1n) is 6.19. The number of esters is 1. The van der Waals surface area contributed by atoms with Gasteiger partial charge in [0.15, 0.2) is 0 Å². The van der Waals surface area contributed by atoms with E-state index in [0.29, 0.717) is 12.4 Å². The first-order chi connectivity index (χ1) is 9.08. The highest BCUT2D eigenvalue weighted by molar-refractivity contribution is 5.74. The minimum Gasteiger partial charge on any atom is -0.466 e. The molecule has 1 aromatic rings. The Morgan fingerprint density at radius 3 is 2.74 bits per heavy atom. The van der Waals surface area contributed by atoms with E-state index >= 15 is 0 Å². The summed E-state index contributed by atoms with van der Waals surface area (Å²) in [5.41, 5.74) is 5.36. The summed E-state index contributed by atoms with van der Waals surface area (Å²) in [6, 6.07) is 0. The number of ether oxygens (including phenoxy) is 2. The molecule has 0 aliphatic heterocycles. The Morgan fingerprint density at radius 1 is 1.42 bits per heavy atom. The molecule has 0 bridgehead atoms. The van der Waals surface area contributed by atoms with E-state index in [2.05, 4.69) is 9.97 Å². The third kappa shape index (κ3) is 4.70. The molecule has 19 heavy (non-hydrogen) atoms. The lowest BCUT2D eigenvalue weighted by molar-refractivity contribution is -0.142. The third-order valence-electron chi connectivity index (χ3n) is 2.31. The summed E-state index contributed by atoms with van der Waals surface area (Å²) in [6.07, 6.45) is 0.693. The molecule has 0 aliphatic rings. The van der Waals surface area contributed by atoms with Crippen molar-refractivity contribution in [2.45, 2.75) is 33.3 Å². The van der Waals surface area contributed by atoms with Gasteiger partial charge in [0, 0.05) is 6.61 Å². The zero-order valence-electron chi connectivity index (χ0n) is 11.2. The van der Waals surface area contributed by atoms with Crippen LogP contribution < -0.4 is 11.3 Å². The van der Waals surface area contributed by atoms with E-state index < -0.39 is 11.5 Å². The van der Waals surface area contributed by atoms with Gasteiger partial charge in [-0.25, -0.2) is 4.98 Å². The molecule has 0 radical (unpaired) electrons. The number of carbonyl (C=O) groups is 1. The van der Waals surface area contributed by atoms with E-state index in [1.807, 2.05) is 6.92 Å². The molecule has 0 unspecified atom stereocenters. The maximum absolute atomic E-state index is 11.8. The van der Waals surface area contributed by atoms with Crippen molar-refractivity contribution in [3.8, 4) is 0 Å². The number of carbonyl (C=O) groups excluding carboxylic acids is 1. The molecule has 1 rings (SSSR count). The van der Waals surface area contributed by atoms with Gasteiger partial charge in [0.25, 0.3) is 5.56 Å². The largest absolute Gasteiger partial charge is 0.466 e. The molecule has 0 fully saturated rings. The van der Waals surface area contributed by atoms with E-state index in [1.165, 1.54) is 0 Å². The van der Waals surface area contributed by atoms with E-state index in [9.17, 15) is 9.59 Å². The topological polar surface area (TPSA) is 107 Å². The predicted octanol–water partition coefficient (Wildman–Crippen LogP) is 0.384. The minimum absolute atomic E-state index is 0.0342. The van der Waals surface area contributed by atoms with Crippen LogP contribution in [0.1, 0.15) is 31.7 Å². The first kappa shape index (κ1) is 15.2. The highest BCUT2D eigenvalue weighted by Crippen LogP contribution is 2.05. The monoisotopic (exact) mass is 269 g/mol. The van der Waals surface area contributed by atoms with Crippen molar-refractivity contribution in [2.24, 2.45) is 0 Å². The number of H-pyrrole nitrogens is 1. The standard InChI is InChI=1S/C12H19N3O4/c1-3-5-18-7-9-14-11(13)8(12(17)15-9)6-10(16)19-4-2/h3-7H2,1-2H3,(H3,13,14,15,17). The van der Waals surface area contributed by atoms with Crippen molar-refractivity contribution < 1.29 is 14.3 Å². The van der Waals surface area contributed by atoms with Crippen LogP contribution in [-0.4, -0.2) is 29.2 Å². The number of nitrogens with one attached hydrogen (secondary N) is 1. The summed E-state index contributed by atoms with van der Waals surface area (Å²) < 4.78 is 10.0. The number of hydrogen-bond donors (Lipinski definition) is 2. The fourth-order valence-corrected chi connectivity index (χ4v) is 1.47. The lowest BCUT2D eigenvalue weighted by Gasteiger charge is -2.07. The van der Waals surface area contributed by atoms with Crippen LogP contribution in [0.25, 0.3) is 0 Å². The normalized spacial score (nSPS) is 10.4. The average molecular weight is 269 g/mol. The molecule has 3 N–H and O–H groups in total. The smallest absolute Gasteiger partial charge is 0.310 e. The maximum Gasteiger partial charge on any atom is 0.310 e. The summed E-state index contributed by atoms with van der Waals surface area (Å²) in [4.78, 5) is 29.7. The quantitative estimate of drug-likeness (QED) is 0.547. The van der Waals surface area contributed by atoms with Gasteiger partial charge in [-0.2, -0.15) is 0 Å². The van der Waals surface area contributed by atoms with E-state index in [4.69, 9.17) is 15.2 Å². The molecule has 0 atom stereocenters. The van der Waals surface area contributed by atoms with Crippen molar-refractivity contribution in [2.75, 3.05) is 18.9 Å². The number of anilines is 1. The van der Waals surface area contributed by atoms with Crippen molar-refractivity contribution in [1.29, 1.82) is 0 Å². The lowest BCUT2D eigenvalue weighted by Crippen LogP contribution is -2.23. The van der Waals surface area contributed by atoms with Gasteiger partial charge in [0.05, 0.1) is 18.6 Å². The van der Waals surface area contributed by atoms with Crippen molar-refractivity contribution >= 4 is 11.8 Å². The van der Waals surface area contributed by atoms with Crippen LogP contribution in [0.2, 0.25) is 0 Å². The molecule has 0 spiro atoms. The molecular weight excluding hydrogens is 250 g/mol. The van der Waals surface area contributed by atoms with Gasteiger partial charge in [-0.15, -0.1) is 0 Å². The zero-order valence-corrected chi connectivity index (χ0v) is 11.2. The Balaban J connectivity index is 2.79. The van der Waals surface area contributed by atoms with Crippen LogP contribution in [0.15, 0.2) is 4.79 Å². The Hall–Kier alpha value is -1.89. The number of aromatic nitrogens is 2. The number of nitrogen functional groups attached to an aromatic ring is 1. The minimum atomic E-state index is -0.503. The molecule has 0 saturated carbocycles. The van der Waals surface area contributed by atoms with E-state index in [1.54, 1.807) is 6.92 Å². The molecule has 0 amide bonds. The second-order valence-electron chi connectivity index (χ2n) is 3.91. The molecule has 0 aliphatic carbocycles. The molecule has 0 aromatic carbocycles. The summed E-state index contributed by atoms with van der Waals surface area (Å²) in [7, 11) is 0. The van der Waals surface area contributed by atoms with Gasteiger partial charge in [-0.05, 0) is 13.3 Å². The highest BCUT2D eigenvalue weighted by Gasteiger charge is 2.14. The van der Waals surface area contributed by atoms with Gasteiger partial charge in [0.1, 0.15) is 18.2 Å². The fraction of sp³-hybridized carbons (Fsp3) is 0.583. The highest BCUT2D eigenvalue weighted by atomic mass is 16.5. The SMILES string of the molecule is CCCOCc1nc(N)c(CC(=O)OCC)c(=O)[nH]1. The van der Waals surface area contributed by atoms with Crippen molar-refractivity contribution in [3.63, 3.8) is 0 Å². The van der Waals surface area contributed by atoms with Crippen LogP contribution in [0.4, 0.5) is 5.82 Å². The van der Waals surface area contributed by atoms with Gasteiger partial charge in [-0.3, -0.25) is 9.59 Å². The fourth-order valence-electron chi connectivity index (χ4n) is 1.47. The van der Waals surface area contributed by atoms with Crippen molar-refractivity contribution in [3.05, 3.63) is 21.7 Å². The number of hydrogen-bond acceptors (Lipinski definition) is 6. The molecular formula is C12H19N3O4. The zero-order chi connectivity index (χ0) is 14.3. The average Bonchev–Trinajstić information content (AvgIpc) is 2.34. The summed E-state index contributed by atoms with van der Waals surface area (Å²) in [6.45, 7) is 4.69. The first-order valence-corrected chi connectivity index (χ1v) is 6.19. The maximum atomic E-state index is 11.8.